The fourth-order valence-corrected chi connectivity index (χ4v) is 5.62. The van der Waals surface area contributed by atoms with E-state index in [-0.39, 0.29) is 11.9 Å². The van der Waals surface area contributed by atoms with E-state index in [0.29, 0.717) is 11.8 Å². The first-order valence-electron chi connectivity index (χ1n) is 10.2. The predicted molar refractivity (Wildman–Crippen MR) is 120 cm³/mol. The van der Waals surface area contributed by atoms with E-state index < -0.39 is 0 Å². The van der Waals surface area contributed by atoms with Gasteiger partial charge in [0.25, 0.3) is 0 Å². The highest BCUT2D eigenvalue weighted by Gasteiger charge is 2.39. The molecule has 1 nitrogen and oxygen atoms in total. The summed E-state index contributed by atoms with van der Waals surface area (Å²) in [5.41, 5.74) is 5.91. The Bertz CT molecular complexity index is 1060. The minimum atomic E-state index is -0.118. The summed E-state index contributed by atoms with van der Waals surface area (Å²) >= 11 is 1.87. The van der Waals surface area contributed by atoms with E-state index in [1.54, 1.807) is 12.1 Å². The molecule has 0 fully saturated rings. The molecule has 1 N–H and O–H groups in total. The zero-order chi connectivity index (χ0) is 19.8. The van der Waals surface area contributed by atoms with Gasteiger partial charge in [0.05, 0.1) is 6.04 Å². The maximum atomic E-state index is 14.6. The van der Waals surface area contributed by atoms with Gasteiger partial charge in [0.1, 0.15) is 5.82 Å². The number of allylic oxidation sites excluding steroid dienone is 2. The lowest BCUT2D eigenvalue weighted by molar-refractivity contribution is 0.413. The number of hydrogen-bond acceptors (Lipinski definition) is 2. The van der Waals surface area contributed by atoms with Crippen LogP contribution < -0.4 is 5.32 Å². The van der Waals surface area contributed by atoms with E-state index in [0.717, 1.165) is 17.7 Å². The van der Waals surface area contributed by atoms with Crippen molar-refractivity contribution >= 4 is 17.4 Å². The summed E-state index contributed by atoms with van der Waals surface area (Å²) in [5.74, 6) is 1.54. The minimum absolute atomic E-state index is 0.00643. The topological polar surface area (TPSA) is 12.0 Å². The Labute approximate surface area is 176 Å². The van der Waals surface area contributed by atoms with Gasteiger partial charge in [0.2, 0.25) is 0 Å². The van der Waals surface area contributed by atoms with Crippen LogP contribution >= 0.6 is 11.8 Å². The highest BCUT2D eigenvalue weighted by atomic mass is 32.2. The molecular formula is C26H24FNS. The molecule has 3 heteroatoms. The molecule has 3 atom stereocenters. The average Bonchev–Trinajstić information content (AvgIpc) is 3.24. The number of fused-ring (bicyclic) bond motifs is 3. The molecule has 2 aliphatic rings. The summed E-state index contributed by atoms with van der Waals surface area (Å²) in [4.78, 5) is 1.29. The number of hydrogen-bond donors (Lipinski definition) is 1. The van der Waals surface area contributed by atoms with Gasteiger partial charge in [-0.15, -0.1) is 11.8 Å². The Balaban J connectivity index is 1.48. The van der Waals surface area contributed by atoms with Gasteiger partial charge in [-0.05, 0) is 54.2 Å². The van der Waals surface area contributed by atoms with Crippen LogP contribution in [-0.2, 0) is 5.75 Å². The van der Waals surface area contributed by atoms with Crippen LogP contribution in [0.15, 0.2) is 83.8 Å². The third-order valence-electron chi connectivity index (χ3n) is 6.11. The number of aryl methyl sites for hydroxylation is 1. The van der Waals surface area contributed by atoms with Crippen LogP contribution in [-0.4, -0.2) is 0 Å². The molecule has 0 aromatic heterocycles. The van der Waals surface area contributed by atoms with Gasteiger partial charge >= 0.3 is 0 Å². The molecule has 1 aliphatic heterocycles. The standard InChI is InChI=1S/C26H24FNS/c1-17-14-18(16-29-19-8-3-2-4-9-19)15-23-20-11-7-12-21(20)26(28-25(17)23)22-10-5-6-13-24(22)27/h2-11,13-15,20-21,26,28H,12,16H2,1H3/t20-,21-,26-/m0/s1. The van der Waals surface area contributed by atoms with Gasteiger partial charge in [-0.3, -0.25) is 0 Å². The van der Waals surface area contributed by atoms with E-state index in [1.165, 1.54) is 27.3 Å². The quantitative estimate of drug-likeness (QED) is 0.365. The molecule has 1 heterocycles. The second-order valence-electron chi connectivity index (χ2n) is 7.98. The summed E-state index contributed by atoms with van der Waals surface area (Å²) in [6, 6.07) is 22.4. The molecule has 0 unspecified atom stereocenters. The van der Waals surface area contributed by atoms with Gasteiger partial charge in [-0.2, -0.15) is 0 Å². The molecule has 29 heavy (non-hydrogen) atoms. The normalized spacial score (nSPS) is 22.1. The number of thioether (sulfide) groups is 1. The maximum Gasteiger partial charge on any atom is 0.128 e. The number of nitrogens with one attached hydrogen (secondary N) is 1. The Morgan fingerprint density at radius 3 is 2.62 bits per heavy atom. The summed E-state index contributed by atoms with van der Waals surface area (Å²) < 4.78 is 14.6. The first kappa shape index (κ1) is 18.5. The number of rotatable bonds is 4. The molecule has 0 amide bonds. The summed E-state index contributed by atoms with van der Waals surface area (Å²) in [7, 11) is 0. The molecule has 3 aromatic rings. The van der Waals surface area contributed by atoms with Gasteiger partial charge in [0.15, 0.2) is 0 Å². The van der Waals surface area contributed by atoms with Gasteiger partial charge in [0, 0.05) is 27.8 Å². The van der Waals surface area contributed by atoms with Crippen molar-refractivity contribution < 1.29 is 4.39 Å². The van der Waals surface area contributed by atoms with Crippen molar-refractivity contribution in [2.45, 2.75) is 36.0 Å². The number of halogens is 1. The van der Waals surface area contributed by atoms with Crippen LogP contribution in [0, 0.1) is 18.7 Å². The zero-order valence-electron chi connectivity index (χ0n) is 16.4. The largest absolute Gasteiger partial charge is 0.377 e. The van der Waals surface area contributed by atoms with Crippen molar-refractivity contribution in [3.8, 4) is 0 Å². The van der Waals surface area contributed by atoms with Crippen LogP contribution in [0.3, 0.4) is 0 Å². The molecule has 0 saturated carbocycles. The second kappa shape index (κ2) is 7.72. The van der Waals surface area contributed by atoms with Crippen molar-refractivity contribution in [1.29, 1.82) is 0 Å². The zero-order valence-corrected chi connectivity index (χ0v) is 17.3. The van der Waals surface area contributed by atoms with E-state index in [4.69, 9.17) is 0 Å². The van der Waals surface area contributed by atoms with Crippen LogP contribution in [0.1, 0.15) is 40.6 Å². The summed E-state index contributed by atoms with van der Waals surface area (Å²) in [5, 5.41) is 3.71. The van der Waals surface area contributed by atoms with Crippen molar-refractivity contribution in [3.63, 3.8) is 0 Å². The molecule has 146 valence electrons. The Hall–Kier alpha value is -2.52. The van der Waals surface area contributed by atoms with Crippen LogP contribution in [0.25, 0.3) is 0 Å². The summed E-state index contributed by atoms with van der Waals surface area (Å²) in [6.07, 6.45) is 5.57. The Morgan fingerprint density at radius 2 is 1.79 bits per heavy atom. The molecule has 0 radical (unpaired) electrons. The van der Waals surface area contributed by atoms with Crippen LogP contribution in [0.2, 0.25) is 0 Å². The molecule has 0 bridgehead atoms. The highest BCUT2D eigenvalue weighted by Crippen LogP contribution is 2.51. The predicted octanol–water partition coefficient (Wildman–Crippen LogP) is 7.25. The molecule has 1 aliphatic carbocycles. The molecule has 0 saturated heterocycles. The van der Waals surface area contributed by atoms with Crippen LogP contribution in [0.4, 0.5) is 10.1 Å². The minimum Gasteiger partial charge on any atom is -0.377 e. The fourth-order valence-electron chi connectivity index (χ4n) is 4.77. The SMILES string of the molecule is Cc1cc(CSc2ccccc2)cc2c1N[C@H](c1ccccc1F)[C@H]1CC=C[C@H]21. The highest BCUT2D eigenvalue weighted by molar-refractivity contribution is 7.98. The van der Waals surface area contributed by atoms with E-state index in [1.807, 2.05) is 23.9 Å². The monoisotopic (exact) mass is 401 g/mol. The van der Waals surface area contributed by atoms with E-state index in [9.17, 15) is 4.39 Å². The van der Waals surface area contributed by atoms with Gasteiger partial charge < -0.3 is 5.32 Å². The average molecular weight is 402 g/mol. The summed E-state index contributed by atoms with van der Waals surface area (Å²) in [6.45, 7) is 2.17. The molecular weight excluding hydrogens is 377 g/mol. The lowest BCUT2D eigenvalue weighted by Crippen LogP contribution is -2.30. The van der Waals surface area contributed by atoms with Crippen molar-refractivity contribution in [2.75, 3.05) is 5.32 Å². The molecule has 5 rings (SSSR count). The van der Waals surface area contributed by atoms with Gasteiger partial charge in [-0.1, -0.05) is 60.7 Å². The molecule has 0 spiro atoms. The van der Waals surface area contributed by atoms with Crippen LogP contribution in [0.5, 0.6) is 0 Å². The van der Waals surface area contributed by atoms with E-state index in [2.05, 4.69) is 66.9 Å². The number of benzene rings is 3. The first-order valence-corrected chi connectivity index (χ1v) is 11.2. The third-order valence-corrected chi connectivity index (χ3v) is 7.20. The molecule has 3 aromatic carbocycles. The van der Waals surface area contributed by atoms with E-state index >= 15 is 0 Å². The Morgan fingerprint density at radius 1 is 1.00 bits per heavy atom. The Kier molecular flexibility index (Phi) is 4.92. The van der Waals surface area contributed by atoms with Crippen molar-refractivity contribution in [3.05, 3.63) is 107 Å². The van der Waals surface area contributed by atoms with Crippen molar-refractivity contribution in [1.82, 2.24) is 0 Å². The maximum absolute atomic E-state index is 14.6. The first-order chi connectivity index (χ1) is 14.2. The fraction of sp³-hybridized carbons (Fsp3) is 0.231. The van der Waals surface area contributed by atoms with Crippen molar-refractivity contribution in [2.24, 2.45) is 5.92 Å². The smallest absolute Gasteiger partial charge is 0.128 e. The third kappa shape index (κ3) is 3.49. The lowest BCUT2D eigenvalue weighted by atomic mass is 9.76. The number of anilines is 1. The van der Waals surface area contributed by atoms with Gasteiger partial charge in [-0.25, -0.2) is 4.39 Å². The second-order valence-corrected chi connectivity index (χ2v) is 9.02. The lowest BCUT2D eigenvalue weighted by Gasteiger charge is -2.38.